The lowest BCUT2D eigenvalue weighted by atomic mass is 9.83. The van der Waals surface area contributed by atoms with Crippen molar-refractivity contribution in [1.82, 2.24) is 20.2 Å². The molecule has 7 nitrogen and oxygen atoms in total. The number of rotatable bonds is 4. The summed E-state index contributed by atoms with van der Waals surface area (Å²) in [6.07, 6.45) is 5.77. The van der Waals surface area contributed by atoms with E-state index in [0.717, 1.165) is 42.8 Å². The predicted molar refractivity (Wildman–Crippen MR) is 88.8 cm³/mol. The van der Waals surface area contributed by atoms with Crippen molar-refractivity contribution >= 4 is 22.4 Å². The summed E-state index contributed by atoms with van der Waals surface area (Å²) >= 11 is 1.65. The van der Waals surface area contributed by atoms with E-state index in [2.05, 4.69) is 30.4 Å². The molecule has 1 spiro atoms. The summed E-state index contributed by atoms with van der Waals surface area (Å²) in [5.74, 6) is 1.21. The van der Waals surface area contributed by atoms with E-state index in [4.69, 9.17) is 4.74 Å². The van der Waals surface area contributed by atoms with E-state index < -0.39 is 0 Å². The molecule has 0 aromatic carbocycles. The Labute approximate surface area is 139 Å². The third-order valence-corrected chi connectivity index (χ3v) is 5.39. The van der Waals surface area contributed by atoms with Crippen LogP contribution in [0.15, 0.2) is 18.5 Å². The molecule has 122 valence electrons. The van der Waals surface area contributed by atoms with Crippen molar-refractivity contribution < 1.29 is 4.74 Å². The quantitative estimate of drug-likeness (QED) is 0.914. The van der Waals surface area contributed by atoms with Gasteiger partial charge in [-0.3, -0.25) is 0 Å². The highest BCUT2D eigenvalue weighted by Crippen LogP contribution is 2.39. The van der Waals surface area contributed by atoms with Crippen LogP contribution in [0.2, 0.25) is 0 Å². The van der Waals surface area contributed by atoms with E-state index in [-0.39, 0.29) is 5.60 Å². The van der Waals surface area contributed by atoms with Crippen molar-refractivity contribution in [3.05, 3.63) is 23.5 Å². The summed E-state index contributed by atoms with van der Waals surface area (Å²) in [5, 5.41) is 13.6. The molecule has 0 amide bonds. The van der Waals surface area contributed by atoms with Crippen LogP contribution in [0.3, 0.4) is 0 Å². The lowest BCUT2D eigenvalue weighted by Gasteiger charge is -2.52. The molecule has 2 aromatic rings. The number of nitrogens with zero attached hydrogens (tertiary/aromatic N) is 5. The first-order chi connectivity index (χ1) is 11.2. The van der Waals surface area contributed by atoms with E-state index in [1.165, 1.54) is 6.42 Å². The van der Waals surface area contributed by atoms with Gasteiger partial charge >= 0.3 is 0 Å². The monoisotopic (exact) mass is 332 g/mol. The van der Waals surface area contributed by atoms with Gasteiger partial charge in [0.05, 0.1) is 19.7 Å². The van der Waals surface area contributed by atoms with Crippen molar-refractivity contribution in [1.29, 1.82) is 0 Å². The predicted octanol–water partition coefficient (Wildman–Crippen LogP) is 1.73. The number of aryl methyl sites for hydroxylation is 1. The van der Waals surface area contributed by atoms with Crippen molar-refractivity contribution in [3.63, 3.8) is 0 Å². The van der Waals surface area contributed by atoms with Gasteiger partial charge in [0, 0.05) is 18.9 Å². The number of hydrogen-bond acceptors (Lipinski definition) is 8. The summed E-state index contributed by atoms with van der Waals surface area (Å²) in [5.41, 5.74) is 0.0271. The highest BCUT2D eigenvalue weighted by atomic mass is 32.1. The SMILES string of the molecule is Cc1nnc(N2CC3(CC[C@H](CNc4ncccn4)CO3)C2)s1. The molecule has 2 aromatic heterocycles. The highest BCUT2D eigenvalue weighted by molar-refractivity contribution is 7.15. The van der Waals surface area contributed by atoms with Crippen LogP contribution in [0.1, 0.15) is 17.8 Å². The Morgan fingerprint density at radius 2 is 2.17 bits per heavy atom. The molecule has 0 aliphatic carbocycles. The second kappa shape index (κ2) is 6.01. The zero-order chi connectivity index (χ0) is 15.7. The molecule has 1 atom stereocenters. The molecule has 0 unspecified atom stereocenters. The first kappa shape index (κ1) is 14.8. The minimum atomic E-state index is 0.0271. The summed E-state index contributed by atoms with van der Waals surface area (Å²) in [6.45, 7) is 5.51. The van der Waals surface area contributed by atoms with Gasteiger partial charge < -0.3 is 15.0 Å². The van der Waals surface area contributed by atoms with Crippen molar-refractivity contribution in [3.8, 4) is 0 Å². The van der Waals surface area contributed by atoms with E-state index >= 15 is 0 Å². The van der Waals surface area contributed by atoms with Gasteiger partial charge in [-0.15, -0.1) is 10.2 Å². The third-order valence-electron chi connectivity index (χ3n) is 4.49. The molecular formula is C15H20N6OS. The largest absolute Gasteiger partial charge is 0.371 e. The molecular weight excluding hydrogens is 312 g/mol. The molecule has 8 heteroatoms. The van der Waals surface area contributed by atoms with Gasteiger partial charge in [-0.1, -0.05) is 11.3 Å². The average molecular weight is 332 g/mol. The minimum Gasteiger partial charge on any atom is -0.371 e. The molecule has 2 saturated heterocycles. The molecule has 2 aliphatic rings. The maximum absolute atomic E-state index is 6.19. The molecule has 23 heavy (non-hydrogen) atoms. The Balaban J connectivity index is 1.24. The first-order valence-electron chi connectivity index (χ1n) is 7.92. The van der Waals surface area contributed by atoms with Crippen LogP contribution < -0.4 is 10.2 Å². The van der Waals surface area contributed by atoms with Crippen molar-refractivity contribution in [2.75, 3.05) is 36.5 Å². The Kier molecular flexibility index (Phi) is 3.86. The molecule has 2 fully saturated rings. The second-order valence-corrected chi connectivity index (χ2v) is 7.47. The van der Waals surface area contributed by atoms with E-state index in [1.807, 2.05) is 13.0 Å². The second-order valence-electron chi connectivity index (χ2n) is 6.31. The smallest absolute Gasteiger partial charge is 0.222 e. The average Bonchev–Trinajstić information content (AvgIpc) is 2.98. The molecule has 0 radical (unpaired) electrons. The van der Waals surface area contributed by atoms with Gasteiger partial charge in [0.15, 0.2) is 0 Å². The summed E-state index contributed by atoms with van der Waals surface area (Å²) < 4.78 is 6.19. The van der Waals surface area contributed by atoms with Gasteiger partial charge in [-0.05, 0) is 31.7 Å². The Morgan fingerprint density at radius 1 is 1.35 bits per heavy atom. The fourth-order valence-electron chi connectivity index (χ4n) is 3.15. The molecule has 4 heterocycles. The van der Waals surface area contributed by atoms with Gasteiger partial charge in [-0.2, -0.15) is 0 Å². The third kappa shape index (κ3) is 3.13. The fraction of sp³-hybridized carbons (Fsp3) is 0.600. The van der Waals surface area contributed by atoms with Gasteiger partial charge in [-0.25, -0.2) is 9.97 Å². The van der Waals surface area contributed by atoms with E-state index in [1.54, 1.807) is 23.7 Å². The first-order valence-corrected chi connectivity index (χ1v) is 8.74. The topological polar surface area (TPSA) is 76.1 Å². The normalized spacial score (nSPS) is 22.8. The van der Waals surface area contributed by atoms with Crippen LogP contribution >= 0.6 is 11.3 Å². The fourth-order valence-corrected chi connectivity index (χ4v) is 3.84. The van der Waals surface area contributed by atoms with Crippen LogP contribution in [0, 0.1) is 12.8 Å². The van der Waals surface area contributed by atoms with E-state index in [9.17, 15) is 0 Å². The van der Waals surface area contributed by atoms with Crippen molar-refractivity contribution in [2.24, 2.45) is 5.92 Å². The Hall–Kier alpha value is -1.80. The molecule has 0 bridgehead atoms. The Morgan fingerprint density at radius 3 is 2.83 bits per heavy atom. The van der Waals surface area contributed by atoms with Gasteiger partial charge in [0.1, 0.15) is 10.6 Å². The maximum Gasteiger partial charge on any atom is 0.222 e. The minimum absolute atomic E-state index is 0.0271. The summed E-state index contributed by atoms with van der Waals surface area (Å²) in [7, 11) is 0. The number of ether oxygens (including phenoxy) is 1. The molecule has 0 saturated carbocycles. The maximum atomic E-state index is 6.19. The molecule has 2 aliphatic heterocycles. The lowest BCUT2D eigenvalue weighted by molar-refractivity contribution is -0.113. The van der Waals surface area contributed by atoms with Crippen LogP contribution in [0.4, 0.5) is 11.1 Å². The van der Waals surface area contributed by atoms with Crippen LogP contribution in [-0.2, 0) is 4.74 Å². The lowest BCUT2D eigenvalue weighted by Crippen LogP contribution is -2.65. The van der Waals surface area contributed by atoms with Crippen LogP contribution in [-0.4, -0.2) is 52.0 Å². The molecule has 4 rings (SSSR count). The number of anilines is 2. The van der Waals surface area contributed by atoms with Gasteiger partial charge in [0.25, 0.3) is 0 Å². The zero-order valence-corrected chi connectivity index (χ0v) is 13.9. The van der Waals surface area contributed by atoms with Gasteiger partial charge in [0.2, 0.25) is 11.1 Å². The van der Waals surface area contributed by atoms with Crippen molar-refractivity contribution in [2.45, 2.75) is 25.4 Å². The molecule has 1 N–H and O–H groups in total. The zero-order valence-electron chi connectivity index (χ0n) is 13.1. The van der Waals surface area contributed by atoms with E-state index in [0.29, 0.717) is 11.9 Å². The number of hydrogen-bond donors (Lipinski definition) is 1. The van der Waals surface area contributed by atoms with Crippen LogP contribution in [0.5, 0.6) is 0 Å². The standard InChI is InChI=1S/C15H20N6OS/c1-11-19-20-14(23-11)21-9-15(10-21)4-3-12(8-22-15)7-18-13-16-5-2-6-17-13/h2,5-6,12H,3-4,7-10H2,1H3,(H,16,17,18)/t12-/m1/s1. The van der Waals surface area contributed by atoms with Crippen LogP contribution in [0.25, 0.3) is 0 Å². The summed E-state index contributed by atoms with van der Waals surface area (Å²) in [6, 6.07) is 1.82. The highest BCUT2D eigenvalue weighted by Gasteiger charge is 2.47. The number of nitrogens with one attached hydrogen (secondary N) is 1. The number of aromatic nitrogens is 4. The summed E-state index contributed by atoms with van der Waals surface area (Å²) in [4.78, 5) is 10.6. The Bertz CT molecular complexity index is 647.